The van der Waals surface area contributed by atoms with E-state index in [9.17, 15) is 24.1 Å². The van der Waals surface area contributed by atoms with Gasteiger partial charge in [-0.3, -0.25) is 24.6 Å². The van der Waals surface area contributed by atoms with Crippen LogP contribution in [0.5, 0.6) is 0 Å². The summed E-state index contributed by atoms with van der Waals surface area (Å²) >= 11 is 2.83. The molecule has 0 spiro atoms. The summed E-state index contributed by atoms with van der Waals surface area (Å²) in [5, 5.41) is 10.9. The van der Waals surface area contributed by atoms with Crippen LogP contribution in [0.4, 0.5) is 15.8 Å². The highest BCUT2D eigenvalue weighted by molar-refractivity contribution is 9.10. The first-order chi connectivity index (χ1) is 8.40. The van der Waals surface area contributed by atoms with Gasteiger partial charge in [-0.1, -0.05) is 0 Å². The Balaban J connectivity index is 2.56. The number of benzene rings is 1. The minimum absolute atomic E-state index is 0.0732. The van der Waals surface area contributed by atoms with Gasteiger partial charge in [0.1, 0.15) is 11.5 Å². The number of carbonyl (C=O) groups is 2. The molecule has 18 heavy (non-hydrogen) atoms. The predicted octanol–water partition coefficient (Wildman–Crippen LogP) is 1.80. The topological polar surface area (TPSA) is 80.5 Å². The molecule has 0 aliphatic carbocycles. The first-order valence-corrected chi connectivity index (χ1v) is 5.65. The molecule has 1 aliphatic heterocycles. The van der Waals surface area contributed by atoms with Gasteiger partial charge in [0.2, 0.25) is 5.91 Å². The maximum absolute atomic E-state index is 13.4. The Bertz CT molecular complexity index is 575. The summed E-state index contributed by atoms with van der Waals surface area (Å²) in [6.45, 7) is -0.263. The van der Waals surface area contributed by atoms with E-state index >= 15 is 0 Å². The van der Waals surface area contributed by atoms with Gasteiger partial charge in [0, 0.05) is 12.1 Å². The minimum Gasteiger partial charge on any atom is -0.298 e. The third-order valence-corrected chi connectivity index (χ3v) is 3.10. The largest absolute Gasteiger partial charge is 0.298 e. The molecular weight excluding hydrogens is 311 g/mol. The highest BCUT2D eigenvalue weighted by atomic mass is 79.9. The maximum Gasteiger partial charge on any atom is 0.294 e. The zero-order valence-electron chi connectivity index (χ0n) is 8.85. The zero-order chi connectivity index (χ0) is 13.4. The fourth-order valence-corrected chi connectivity index (χ4v) is 2.02. The molecular formula is C10H6BrFN2O4. The van der Waals surface area contributed by atoms with Crippen molar-refractivity contribution in [2.75, 3.05) is 11.4 Å². The van der Waals surface area contributed by atoms with E-state index in [0.717, 1.165) is 17.0 Å². The minimum atomic E-state index is -0.734. The van der Waals surface area contributed by atoms with Crippen molar-refractivity contribution >= 4 is 39.0 Å². The van der Waals surface area contributed by atoms with Gasteiger partial charge in [0.05, 0.1) is 22.4 Å². The normalized spacial score (nSPS) is 15.3. The number of nitrogens with zero attached hydrogens (tertiary/aromatic N) is 2. The van der Waals surface area contributed by atoms with Crippen LogP contribution < -0.4 is 4.90 Å². The SMILES string of the molecule is O=C1CC(=O)N(c2cc(F)c(Br)cc2[N+](=O)[O-])C1. The molecule has 0 saturated carbocycles. The van der Waals surface area contributed by atoms with Crippen LogP contribution >= 0.6 is 15.9 Å². The maximum atomic E-state index is 13.4. The Labute approximate surface area is 109 Å². The van der Waals surface area contributed by atoms with Crippen LogP contribution in [0.3, 0.4) is 0 Å². The monoisotopic (exact) mass is 316 g/mol. The third-order valence-electron chi connectivity index (χ3n) is 2.49. The lowest BCUT2D eigenvalue weighted by molar-refractivity contribution is -0.384. The lowest BCUT2D eigenvalue weighted by Gasteiger charge is -2.15. The lowest BCUT2D eigenvalue weighted by Crippen LogP contribution is -2.25. The third kappa shape index (κ3) is 2.10. The molecule has 8 heteroatoms. The molecule has 1 fully saturated rings. The summed E-state index contributed by atoms with van der Waals surface area (Å²) in [5.74, 6) is -1.65. The Morgan fingerprint density at radius 1 is 1.39 bits per heavy atom. The van der Waals surface area contributed by atoms with Crippen molar-refractivity contribution in [2.24, 2.45) is 0 Å². The fourth-order valence-electron chi connectivity index (χ4n) is 1.69. The van der Waals surface area contributed by atoms with Crippen LogP contribution in [-0.4, -0.2) is 23.2 Å². The summed E-state index contributed by atoms with van der Waals surface area (Å²) in [5.41, 5.74) is -0.622. The van der Waals surface area contributed by atoms with Crippen LogP contribution in [0.25, 0.3) is 0 Å². The number of nitro benzene ring substituents is 1. The number of amides is 1. The molecule has 0 unspecified atom stereocenters. The van der Waals surface area contributed by atoms with E-state index in [1.807, 2.05) is 0 Å². The molecule has 1 aliphatic rings. The van der Waals surface area contributed by atoms with Crippen molar-refractivity contribution in [3.63, 3.8) is 0 Å². The molecule has 1 aromatic rings. The Hall–Kier alpha value is -1.83. The van der Waals surface area contributed by atoms with Crippen LogP contribution in [0.15, 0.2) is 16.6 Å². The standard InChI is InChI=1S/C10H6BrFN2O4/c11-6-2-9(14(17)18)8(3-7(6)12)13-4-5(15)1-10(13)16/h2-3H,1,4H2. The first kappa shape index (κ1) is 12.6. The number of hydrogen-bond donors (Lipinski definition) is 0. The second-order valence-corrected chi connectivity index (χ2v) is 4.56. The Kier molecular flexibility index (Phi) is 3.12. The molecule has 0 N–H and O–H groups in total. The van der Waals surface area contributed by atoms with Crippen molar-refractivity contribution in [2.45, 2.75) is 6.42 Å². The van der Waals surface area contributed by atoms with E-state index in [4.69, 9.17) is 0 Å². The van der Waals surface area contributed by atoms with Gasteiger partial charge < -0.3 is 0 Å². The average Bonchev–Trinajstić information content (AvgIpc) is 2.61. The molecule has 0 radical (unpaired) electrons. The van der Waals surface area contributed by atoms with Crippen molar-refractivity contribution < 1.29 is 18.9 Å². The van der Waals surface area contributed by atoms with Crippen molar-refractivity contribution in [3.8, 4) is 0 Å². The van der Waals surface area contributed by atoms with Gasteiger partial charge in [-0.25, -0.2) is 4.39 Å². The molecule has 1 aromatic carbocycles. The molecule has 1 heterocycles. The van der Waals surface area contributed by atoms with E-state index in [2.05, 4.69) is 15.9 Å². The summed E-state index contributed by atoms with van der Waals surface area (Å²) in [6.07, 6.45) is -0.311. The summed E-state index contributed by atoms with van der Waals surface area (Å²) in [7, 11) is 0. The van der Waals surface area contributed by atoms with Crippen LogP contribution in [0, 0.1) is 15.9 Å². The number of rotatable bonds is 2. The van der Waals surface area contributed by atoms with Crippen molar-refractivity contribution in [1.29, 1.82) is 0 Å². The summed E-state index contributed by atoms with van der Waals surface area (Å²) < 4.78 is 13.3. The molecule has 2 rings (SSSR count). The van der Waals surface area contributed by atoms with Gasteiger partial charge in [-0.15, -0.1) is 0 Å². The van der Waals surface area contributed by atoms with E-state index in [1.54, 1.807) is 0 Å². The molecule has 1 amide bonds. The molecule has 0 bridgehead atoms. The van der Waals surface area contributed by atoms with Gasteiger partial charge in [0.15, 0.2) is 5.78 Å². The molecule has 0 aromatic heterocycles. The zero-order valence-corrected chi connectivity index (χ0v) is 10.4. The smallest absolute Gasteiger partial charge is 0.294 e. The fraction of sp³-hybridized carbons (Fsp3) is 0.200. The van der Waals surface area contributed by atoms with Gasteiger partial charge >= 0.3 is 0 Å². The number of anilines is 1. The van der Waals surface area contributed by atoms with Gasteiger partial charge in [0.25, 0.3) is 5.69 Å². The van der Waals surface area contributed by atoms with Crippen molar-refractivity contribution in [3.05, 3.63) is 32.5 Å². The highest BCUT2D eigenvalue weighted by Crippen LogP contribution is 2.34. The van der Waals surface area contributed by atoms with E-state index in [-0.39, 0.29) is 28.9 Å². The quantitative estimate of drug-likeness (QED) is 0.473. The molecule has 6 nitrogen and oxygen atoms in total. The van der Waals surface area contributed by atoms with Gasteiger partial charge in [-0.2, -0.15) is 0 Å². The van der Waals surface area contributed by atoms with E-state index < -0.39 is 22.3 Å². The van der Waals surface area contributed by atoms with Crippen LogP contribution in [-0.2, 0) is 9.59 Å². The first-order valence-electron chi connectivity index (χ1n) is 4.85. The number of hydrogen-bond acceptors (Lipinski definition) is 4. The number of halogens is 2. The summed E-state index contributed by atoms with van der Waals surface area (Å²) in [4.78, 5) is 33.7. The highest BCUT2D eigenvalue weighted by Gasteiger charge is 2.33. The predicted molar refractivity (Wildman–Crippen MR) is 62.7 cm³/mol. The van der Waals surface area contributed by atoms with Crippen LogP contribution in [0.1, 0.15) is 6.42 Å². The number of nitro groups is 1. The van der Waals surface area contributed by atoms with Gasteiger partial charge in [-0.05, 0) is 15.9 Å². The van der Waals surface area contributed by atoms with Crippen LogP contribution in [0.2, 0.25) is 0 Å². The molecule has 94 valence electrons. The second-order valence-electron chi connectivity index (χ2n) is 3.71. The Morgan fingerprint density at radius 3 is 2.56 bits per heavy atom. The van der Waals surface area contributed by atoms with Crippen molar-refractivity contribution in [1.82, 2.24) is 0 Å². The second kappa shape index (κ2) is 4.45. The number of carbonyl (C=O) groups excluding carboxylic acids is 2. The van der Waals surface area contributed by atoms with E-state index in [1.165, 1.54) is 0 Å². The number of ketones is 1. The lowest BCUT2D eigenvalue weighted by atomic mass is 10.2. The summed E-state index contributed by atoms with van der Waals surface area (Å²) in [6, 6.07) is 1.85. The van der Waals surface area contributed by atoms with E-state index in [0.29, 0.717) is 0 Å². The molecule has 0 atom stereocenters. The number of Topliss-reactive ketones (excluding diaryl/α,β-unsaturated/α-hetero) is 1. The molecule has 1 saturated heterocycles. The average molecular weight is 317 g/mol. The Morgan fingerprint density at radius 2 is 2.06 bits per heavy atom.